The van der Waals surface area contributed by atoms with Crippen molar-refractivity contribution in [1.82, 2.24) is 10.1 Å². The van der Waals surface area contributed by atoms with Gasteiger partial charge in [-0.15, -0.1) is 0 Å². The van der Waals surface area contributed by atoms with Gasteiger partial charge >= 0.3 is 0 Å². The van der Waals surface area contributed by atoms with E-state index in [-0.39, 0.29) is 6.10 Å². The van der Waals surface area contributed by atoms with Gasteiger partial charge in [-0.2, -0.15) is 4.98 Å². The number of anilines is 1. The predicted octanol–water partition coefficient (Wildman–Crippen LogP) is 2.43. The van der Waals surface area contributed by atoms with E-state index >= 15 is 0 Å². The van der Waals surface area contributed by atoms with Crippen molar-refractivity contribution in [1.29, 1.82) is 0 Å². The lowest BCUT2D eigenvalue weighted by Gasteiger charge is -2.20. The molecule has 5 heteroatoms. The number of rotatable bonds is 3. The molecule has 0 radical (unpaired) electrons. The molecule has 1 aromatic heterocycles. The third-order valence-corrected chi connectivity index (χ3v) is 3.31. The van der Waals surface area contributed by atoms with Gasteiger partial charge < -0.3 is 15.0 Å². The van der Waals surface area contributed by atoms with E-state index in [9.17, 15) is 0 Å². The highest BCUT2D eigenvalue weighted by atomic mass is 16.5. The van der Waals surface area contributed by atoms with Crippen molar-refractivity contribution >= 4 is 5.69 Å². The number of ether oxygens (including phenoxy) is 1. The van der Waals surface area contributed by atoms with Crippen LogP contribution in [0.2, 0.25) is 0 Å². The van der Waals surface area contributed by atoms with E-state index in [1.165, 1.54) is 6.42 Å². The molecule has 0 amide bonds. The molecule has 0 spiro atoms. The third kappa shape index (κ3) is 2.93. The molecule has 1 aliphatic rings. The summed E-state index contributed by atoms with van der Waals surface area (Å²) in [6.07, 6.45) is 4.39. The van der Waals surface area contributed by atoms with Gasteiger partial charge in [-0.25, -0.2) is 0 Å². The lowest BCUT2D eigenvalue weighted by Crippen LogP contribution is -2.21. The Labute approximate surface area is 111 Å². The maximum absolute atomic E-state index is 5.67. The molecule has 2 N–H and O–H groups in total. The van der Waals surface area contributed by atoms with Crippen LogP contribution in [0.1, 0.15) is 25.1 Å². The first-order chi connectivity index (χ1) is 9.31. The summed E-state index contributed by atoms with van der Waals surface area (Å²) in [5, 5.41) is 4.01. The second-order valence-electron chi connectivity index (χ2n) is 4.83. The number of hydrogen-bond acceptors (Lipinski definition) is 5. The van der Waals surface area contributed by atoms with Crippen LogP contribution in [-0.2, 0) is 11.2 Å². The molecular formula is C14H17N3O2. The lowest BCUT2D eigenvalue weighted by atomic mass is 10.1. The number of nitrogens with two attached hydrogens (primary N) is 1. The van der Waals surface area contributed by atoms with Crippen LogP contribution >= 0.6 is 0 Å². The number of nitrogen functional groups attached to an aromatic ring is 1. The molecule has 1 aromatic carbocycles. The molecule has 0 aliphatic carbocycles. The third-order valence-electron chi connectivity index (χ3n) is 3.31. The molecule has 19 heavy (non-hydrogen) atoms. The SMILES string of the molecule is Nc1ccc(-c2nc(CC3CCCCO3)no2)cc1. The fourth-order valence-corrected chi connectivity index (χ4v) is 2.25. The smallest absolute Gasteiger partial charge is 0.257 e. The molecule has 1 saturated heterocycles. The first-order valence-corrected chi connectivity index (χ1v) is 6.61. The monoisotopic (exact) mass is 259 g/mol. The van der Waals surface area contributed by atoms with Crippen LogP contribution in [0, 0.1) is 0 Å². The van der Waals surface area contributed by atoms with E-state index in [4.69, 9.17) is 15.0 Å². The summed E-state index contributed by atoms with van der Waals surface area (Å²) in [5.74, 6) is 1.24. The van der Waals surface area contributed by atoms with Gasteiger partial charge in [-0.1, -0.05) is 5.16 Å². The Morgan fingerprint density at radius 2 is 2.05 bits per heavy atom. The van der Waals surface area contributed by atoms with E-state index in [0.29, 0.717) is 11.7 Å². The maximum Gasteiger partial charge on any atom is 0.257 e. The summed E-state index contributed by atoms with van der Waals surface area (Å²) in [7, 11) is 0. The second-order valence-corrected chi connectivity index (χ2v) is 4.83. The summed E-state index contributed by atoms with van der Waals surface area (Å²) < 4.78 is 10.9. The van der Waals surface area contributed by atoms with Gasteiger partial charge in [0.1, 0.15) is 0 Å². The highest BCUT2D eigenvalue weighted by Crippen LogP contribution is 2.20. The van der Waals surface area contributed by atoms with Crippen LogP contribution in [0.15, 0.2) is 28.8 Å². The standard InChI is InChI=1S/C14H17N3O2/c15-11-6-4-10(5-7-11)14-16-13(17-19-14)9-12-3-1-2-8-18-12/h4-7,12H,1-3,8-9,15H2. The minimum atomic E-state index is 0.227. The Hall–Kier alpha value is -1.88. The largest absolute Gasteiger partial charge is 0.399 e. The first kappa shape index (κ1) is 12.2. The van der Waals surface area contributed by atoms with Gasteiger partial charge in [0, 0.05) is 24.3 Å². The van der Waals surface area contributed by atoms with E-state index in [0.717, 1.165) is 37.1 Å². The summed E-state index contributed by atoms with van der Waals surface area (Å²) in [6.45, 7) is 0.841. The van der Waals surface area contributed by atoms with Crippen LogP contribution < -0.4 is 5.73 Å². The summed E-state index contributed by atoms with van der Waals surface area (Å²) in [6, 6.07) is 7.40. The highest BCUT2D eigenvalue weighted by molar-refractivity contribution is 5.56. The molecule has 1 fully saturated rings. The van der Waals surface area contributed by atoms with Crippen molar-refractivity contribution in [2.45, 2.75) is 31.8 Å². The second kappa shape index (κ2) is 5.40. The Bertz CT molecular complexity index is 530. The number of benzene rings is 1. The fourth-order valence-electron chi connectivity index (χ4n) is 2.25. The first-order valence-electron chi connectivity index (χ1n) is 6.61. The van der Waals surface area contributed by atoms with Gasteiger partial charge in [0.2, 0.25) is 0 Å². The van der Waals surface area contributed by atoms with Crippen LogP contribution in [0.5, 0.6) is 0 Å². The van der Waals surface area contributed by atoms with E-state index in [1.54, 1.807) is 0 Å². The molecule has 0 saturated carbocycles. The molecule has 2 heterocycles. The normalized spacial score (nSPS) is 19.5. The van der Waals surface area contributed by atoms with Gasteiger partial charge in [-0.3, -0.25) is 0 Å². The summed E-state index contributed by atoms with van der Waals surface area (Å²) in [5.41, 5.74) is 7.26. The zero-order valence-electron chi connectivity index (χ0n) is 10.7. The number of aromatic nitrogens is 2. The van der Waals surface area contributed by atoms with Crippen molar-refractivity contribution in [3.63, 3.8) is 0 Å². The average Bonchev–Trinajstić information content (AvgIpc) is 2.89. The molecule has 1 atom stereocenters. The van der Waals surface area contributed by atoms with Gasteiger partial charge in [0.05, 0.1) is 6.10 Å². The van der Waals surface area contributed by atoms with Gasteiger partial charge in [0.15, 0.2) is 5.82 Å². The van der Waals surface area contributed by atoms with Crippen molar-refractivity contribution in [3.05, 3.63) is 30.1 Å². The summed E-state index contributed by atoms with van der Waals surface area (Å²) in [4.78, 5) is 4.41. The predicted molar refractivity (Wildman–Crippen MR) is 71.4 cm³/mol. The van der Waals surface area contributed by atoms with Crippen molar-refractivity contribution in [2.75, 3.05) is 12.3 Å². The van der Waals surface area contributed by atoms with Gasteiger partial charge in [-0.05, 0) is 43.5 Å². The Morgan fingerprint density at radius 3 is 2.79 bits per heavy atom. The van der Waals surface area contributed by atoms with E-state index in [2.05, 4.69) is 10.1 Å². The minimum Gasteiger partial charge on any atom is -0.399 e. The summed E-state index contributed by atoms with van der Waals surface area (Å²) >= 11 is 0. The Kier molecular flexibility index (Phi) is 3.46. The highest BCUT2D eigenvalue weighted by Gasteiger charge is 2.18. The minimum absolute atomic E-state index is 0.227. The number of hydrogen-bond donors (Lipinski definition) is 1. The van der Waals surface area contributed by atoms with Crippen LogP contribution in [-0.4, -0.2) is 22.9 Å². The molecule has 1 aliphatic heterocycles. The molecule has 2 aromatic rings. The zero-order chi connectivity index (χ0) is 13.1. The Morgan fingerprint density at radius 1 is 1.21 bits per heavy atom. The molecule has 0 bridgehead atoms. The topological polar surface area (TPSA) is 74.2 Å². The molecule has 3 rings (SSSR count). The Balaban J connectivity index is 1.70. The van der Waals surface area contributed by atoms with Gasteiger partial charge in [0.25, 0.3) is 5.89 Å². The number of nitrogens with zero attached hydrogens (tertiary/aromatic N) is 2. The average molecular weight is 259 g/mol. The molecule has 100 valence electrons. The molecular weight excluding hydrogens is 242 g/mol. The van der Waals surface area contributed by atoms with E-state index < -0.39 is 0 Å². The van der Waals surface area contributed by atoms with E-state index in [1.807, 2.05) is 24.3 Å². The molecule has 1 unspecified atom stereocenters. The van der Waals surface area contributed by atoms with Crippen LogP contribution in [0.4, 0.5) is 5.69 Å². The van der Waals surface area contributed by atoms with Crippen LogP contribution in [0.25, 0.3) is 11.5 Å². The van der Waals surface area contributed by atoms with Crippen molar-refractivity contribution in [2.24, 2.45) is 0 Å². The quantitative estimate of drug-likeness (QED) is 0.857. The van der Waals surface area contributed by atoms with Crippen molar-refractivity contribution in [3.8, 4) is 11.5 Å². The fraction of sp³-hybridized carbons (Fsp3) is 0.429. The van der Waals surface area contributed by atoms with Crippen LogP contribution in [0.3, 0.4) is 0 Å². The zero-order valence-corrected chi connectivity index (χ0v) is 10.7. The lowest BCUT2D eigenvalue weighted by molar-refractivity contribution is 0.0153. The molecule has 5 nitrogen and oxygen atoms in total. The van der Waals surface area contributed by atoms with Crippen molar-refractivity contribution < 1.29 is 9.26 Å². The maximum atomic E-state index is 5.67.